The Morgan fingerprint density at radius 3 is 2.93 bits per heavy atom. The van der Waals surface area contributed by atoms with Crippen molar-refractivity contribution in [1.82, 2.24) is 4.98 Å². The van der Waals surface area contributed by atoms with E-state index in [1.54, 1.807) is 6.07 Å². The van der Waals surface area contributed by atoms with Crippen LogP contribution in [0.2, 0.25) is 0 Å². The Labute approximate surface area is 81.1 Å². The van der Waals surface area contributed by atoms with Gasteiger partial charge < -0.3 is 16.2 Å². The van der Waals surface area contributed by atoms with Gasteiger partial charge in [-0.15, -0.1) is 0 Å². The van der Waals surface area contributed by atoms with Crippen molar-refractivity contribution in [2.75, 3.05) is 12.8 Å². The first-order valence-electron chi connectivity index (χ1n) is 3.74. The summed E-state index contributed by atoms with van der Waals surface area (Å²) >= 11 is 0. The molecule has 5 heteroatoms. The predicted octanol–water partition coefficient (Wildman–Crippen LogP) is -0.491. The van der Waals surface area contributed by atoms with Crippen LogP contribution in [0.15, 0.2) is 12.3 Å². The first-order chi connectivity index (χ1) is 6.63. The summed E-state index contributed by atoms with van der Waals surface area (Å²) in [6.07, 6.45) is 1.44. The zero-order chi connectivity index (χ0) is 10.6. The van der Waals surface area contributed by atoms with E-state index in [0.717, 1.165) is 0 Å². The molecule has 0 aliphatic heterocycles. The highest BCUT2D eigenvalue weighted by molar-refractivity contribution is 5.92. The van der Waals surface area contributed by atoms with Gasteiger partial charge in [0.1, 0.15) is 0 Å². The molecule has 1 amide bonds. The highest BCUT2D eigenvalue weighted by Crippen LogP contribution is 2.15. The number of aromatic nitrogens is 1. The lowest BCUT2D eigenvalue weighted by atomic mass is 10.2. The molecule has 0 aliphatic carbocycles. The smallest absolute Gasteiger partial charge is 0.293 e. The minimum absolute atomic E-state index is 0.313. The molecular weight excluding hydrogens is 182 g/mol. The number of pyridine rings is 1. The number of carbonyl (C=O) groups excluding carboxylic acids is 1. The molecule has 1 rings (SSSR count). The van der Waals surface area contributed by atoms with Crippen LogP contribution in [-0.2, 0) is 4.79 Å². The average molecular weight is 191 g/mol. The van der Waals surface area contributed by atoms with Crippen molar-refractivity contribution in [3.05, 3.63) is 17.8 Å². The third kappa shape index (κ3) is 2.38. The Bertz CT molecular complexity index is 418. The fourth-order valence-corrected chi connectivity index (χ4v) is 0.850. The second-order valence-corrected chi connectivity index (χ2v) is 2.44. The maximum absolute atomic E-state index is 10.4. The molecule has 0 radical (unpaired) electrons. The van der Waals surface area contributed by atoms with Gasteiger partial charge in [0.25, 0.3) is 5.91 Å². The zero-order valence-electron chi connectivity index (χ0n) is 7.57. The van der Waals surface area contributed by atoms with Crippen LogP contribution in [-0.4, -0.2) is 18.0 Å². The maximum Gasteiger partial charge on any atom is 0.293 e. The lowest BCUT2D eigenvalue weighted by Gasteiger charge is -2.01. The standard InChI is InChI=1S/C9H9N3O2/c1-14-9-6(2-3-8(11)13)4-7(10)5-12-9/h4-5H,10H2,1H3,(H2,11,13). The van der Waals surface area contributed by atoms with Crippen LogP contribution in [0, 0.1) is 11.8 Å². The summed E-state index contributed by atoms with van der Waals surface area (Å²) < 4.78 is 4.91. The number of rotatable bonds is 1. The quantitative estimate of drug-likeness (QED) is 0.586. The minimum Gasteiger partial charge on any atom is -0.480 e. The highest BCUT2D eigenvalue weighted by atomic mass is 16.5. The Hall–Kier alpha value is -2.22. The molecule has 0 aliphatic rings. The Balaban J connectivity index is 3.13. The normalized spacial score (nSPS) is 8.64. The van der Waals surface area contributed by atoms with Gasteiger partial charge in [-0.3, -0.25) is 4.79 Å². The van der Waals surface area contributed by atoms with E-state index >= 15 is 0 Å². The van der Waals surface area contributed by atoms with Gasteiger partial charge >= 0.3 is 0 Å². The van der Waals surface area contributed by atoms with E-state index in [0.29, 0.717) is 17.1 Å². The van der Waals surface area contributed by atoms with Crippen LogP contribution in [0.3, 0.4) is 0 Å². The third-order valence-electron chi connectivity index (χ3n) is 1.39. The van der Waals surface area contributed by atoms with Gasteiger partial charge in [-0.1, -0.05) is 5.92 Å². The second-order valence-electron chi connectivity index (χ2n) is 2.44. The Morgan fingerprint density at radius 1 is 1.64 bits per heavy atom. The van der Waals surface area contributed by atoms with Crippen molar-refractivity contribution in [1.29, 1.82) is 0 Å². The average Bonchev–Trinajstić information content (AvgIpc) is 2.15. The van der Waals surface area contributed by atoms with Gasteiger partial charge in [0.05, 0.1) is 24.6 Å². The van der Waals surface area contributed by atoms with E-state index in [-0.39, 0.29) is 0 Å². The van der Waals surface area contributed by atoms with E-state index in [1.807, 2.05) is 0 Å². The van der Waals surface area contributed by atoms with E-state index in [9.17, 15) is 4.79 Å². The molecule has 1 aromatic rings. The SMILES string of the molecule is COc1ncc(N)cc1C#CC(N)=O. The largest absolute Gasteiger partial charge is 0.480 e. The number of carbonyl (C=O) groups is 1. The van der Waals surface area contributed by atoms with E-state index in [1.165, 1.54) is 13.3 Å². The number of amides is 1. The summed E-state index contributed by atoms with van der Waals surface area (Å²) in [7, 11) is 1.45. The number of primary amides is 1. The molecule has 0 aromatic carbocycles. The molecule has 0 unspecified atom stereocenters. The number of hydrogen-bond donors (Lipinski definition) is 2. The van der Waals surface area contributed by atoms with Crippen LogP contribution >= 0.6 is 0 Å². The lowest BCUT2D eigenvalue weighted by Crippen LogP contribution is -2.06. The van der Waals surface area contributed by atoms with Gasteiger partial charge in [-0.05, 0) is 6.07 Å². The molecule has 72 valence electrons. The zero-order valence-corrected chi connectivity index (χ0v) is 7.57. The van der Waals surface area contributed by atoms with Crippen molar-refractivity contribution in [3.63, 3.8) is 0 Å². The van der Waals surface area contributed by atoms with Crippen molar-refractivity contribution >= 4 is 11.6 Å². The predicted molar refractivity (Wildman–Crippen MR) is 51.3 cm³/mol. The molecule has 5 nitrogen and oxygen atoms in total. The Kier molecular flexibility index (Phi) is 2.92. The van der Waals surface area contributed by atoms with Crippen LogP contribution in [0.25, 0.3) is 0 Å². The maximum atomic E-state index is 10.4. The molecule has 0 atom stereocenters. The monoisotopic (exact) mass is 191 g/mol. The van der Waals surface area contributed by atoms with Crippen molar-refractivity contribution < 1.29 is 9.53 Å². The molecule has 0 spiro atoms. The molecule has 0 bridgehead atoms. The fraction of sp³-hybridized carbons (Fsp3) is 0.111. The van der Waals surface area contributed by atoms with Crippen LogP contribution < -0.4 is 16.2 Å². The third-order valence-corrected chi connectivity index (χ3v) is 1.39. The van der Waals surface area contributed by atoms with E-state index in [2.05, 4.69) is 16.8 Å². The van der Waals surface area contributed by atoms with Crippen LogP contribution in [0.4, 0.5) is 5.69 Å². The van der Waals surface area contributed by atoms with Gasteiger partial charge in [0.2, 0.25) is 5.88 Å². The molecule has 0 saturated heterocycles. The molecule has 1 heterocycles. The first kappa shape index (κ1) is 9.86. The van der Waals surface area contributed by atoms with Crippen LogP contribution in [0.1, 0.15) is 5.56 Å². The number of nitrogens with two attached hydrogens (primary N) is 2. The summed E-state index contributed by atoms with van der Waals surface area (Å²) in [4.78, 5) is 14.3. The summed E-state index contributed by atoms with van der Waals surface area (Å²) in [5, 5.41) is 0. The number of anilines is 1. The number of nitrogen functional groups attached to an aromatic ring is 1. The van der Waals surface area contributed by atoms with Crippen LogP contribution in [0.5, 0.6) is 5.88 Å². The summed E-state index contributed by atoms with van der Waals surface area (Å²) in [6.45, 7) is 0. The number of ether oxygens (including phenoxy) is 1. The molecule has 14 heavy (non-hydrogen) atoms. The molecule has 0 saturated carbocycles. The summed E-state index contributed by atoms with van der Waals surface area (Å²) in [6, 6.07) is 1.56. The minimum atomic E-state index is -0.713. The summed E-state index contributed by atoms with van der Waals surface area (Å²) in [5.74, 6) is 4.29. The lowest BCUT2D eigenvalue weighted by molar-refractivity contribution is -0.112. The molecular formula is C9H9N3O2. The number of hydrogen-bond acceptors (Lipinski definition) is 4. The van der Waals surface area contributed by atoms with Crippen molar-refractivity contribution in [2.45, 2.75) is 0 Å². The Morgan fingerprint density at radius 2 is 2.36 bits per heavy atom. The number of nitrogens with zero attached hydrogens (tertiary/aromatic N) is 1. The summed E-state index contributed by atoms with van der Waals surface area (Å²) in [5.41, 5.74) is 11.2. The molecule has 4 N–H and O–H groups in total. The molecule has 0 fully saturated rings. The van der Waals surface area contributed by atoms with E-state index in [4.69, 9.17) is 16.2 Å². The topological polar surface area (TPSA) is 91.2 Å². The van der Waals surface area contributed by atoms with E-state index < -0.39 is 5.91 Å². The highest BCUT2D eigenvalue weighted by Gasteiger charge is 2.01. The van der Waals surface area contributed by atoms with Gasteiger partial charge in [0, 0.05) is 5.92 Å². The van der Waals surface area contributed by atoms with Gasteiger partial charge in [-0.2, -0.15) is 0 Å². The number of methoxy groups -OCH3 is 1. The first-order valence-corrected chi connectivity index (χ1v) is 3.74. The fourth-order valence-electron chi connectivity index (χ4n) is 0.850. The molecule has 1 aromatic heterocycles. The van der Waals surface area contributed by atoms with Crippen molar-refractivity contribution in [2.24, 2.45) is 5.73 Å². The second kappa shape index (κ2) is 4.14. The van der Waals surface area contributed by atoms with Crippen molar-refractivity contribution in [3.8, 4) is 17.7 Å². The van der Waals surface area contributed by atoms with Gasteiger partial charge in [0.15, 0.2) is 0 Å². The van der Waals surface area contributed by atoms with Gasteiger partial charge in [-0.25, -0.2) is 4.98 Å².